The number of nitrogens with one attached hydrogen (secondary N) is 1. The van der Waals surface area contributed by atoms with E-state index in [9.17, 15) is 14.0 Å². The van der Waals surface area contributed by atoms with Crippen molar-refractivity contribution in [3.05, 3.63) is 71.5 Å². The summed E-state index contributed by atoms with van der Waals surface area (Å²) in [4.78, 5) is 28.5. The van der Waals surface area contributed by atoms with Gasteiger partial charge in [-0.2, -0.15) is 0 Å². The standard InChI is InChI=1S/C23H28FN3O2/c24-21-9-5-4-8-20(21)10-11-22(28)25-13-12-23(29)27-16-14-26(15-17-27)18-19-6-2-1-3-7-19/h1-9H,10-18H2,(H,25,28). The molecule has 1 aliphatic heterocycles. The number of nitrogens with zero attached hydrogens (tertiary/aromatic N) is 2. The quantitative estimate of drug-likeness (QED) is 0.745. The topological polar surface area (TPSA) is 52.7 Å². The smallest absolute Gasteiger partial charge is 0.224 e. The zero-order valence-corrected chi connectivity index (χ0v) is 16.6. The maximum atomic E-state index is 13.6. The molecule has 29 heavy (non-hydrogen) atoms. The Bertz CT molecular complexity index is 805. The average molecular weight is 397 g/mol. The van der Waals surface area contributed by atoms with E-state index in [1.165, 1.54) is 11.6 Å². The molecule has 0 spiro atoms. The number of piperazine rings is 1. The number of hydrogen-bond acceptors (Lipinski definition) is 3. The summed E-state index contributed by atoms with van der Waals surface area (Å²) in [5, 5.41) is 2.76. The third kappa shape index (κ3) is 6.68. The van der Waals surface area contributed by atoms with Gasteiger partial charge in [0, 0.05) is 52.1 Å². The van der Waals surface area contributed by atoms with Crippen LogP contribution in [-0.4, -0.2) is 54.3 Å². The molecule has 0 aliphatic carbocycles. The minimum atomic E-state index is -0.290. The predicted molar refractivity (Wildman–Crippen MR) is 111 cm³/mol. The van der Waals surface area contributed by atoms with Gasteiger partial charge in [-0.3, -0.25) is 14.5 Å². The van der Waals surface area contributed by atoms with E-state index in [2.05, 4.69) is 22.3 Å². The maximum absolute atomic E-state index is 13.6. The van der Waals surface area contributed by atoms with Crippen LogP contribution in [0.3, 0.4) is 0 Å². The van der Waals surface area contributed by atoms with Crippen LogP contribution in [0.4, 0.5) is 4.39 Å². The number of rotatable bonds is 8. The Kier molecular flexibility index (Phi) is 7.76. The molecular weight excluding hydrogens is 369 g/mol. The van der Waals surface area contributed by atoms with E-state index in [1.54, 1.807) is 18.2 Å². The first-order chi connectivity index (χ1) is 14.1. The fourth-order valence-electron chi connectivity index (χ4n) is 3.50. The van der Waals surface area contributed by atoms with E-state index in [4.69, 9.17) is 0 Å². The molecule has 0 radical (unpaired) electrons. The Morgan fingerprint density at radius 3 is 2.31 bits per heavy atom. The molecule has 0 saturated carbocycles. The average Bonchev–Trinajstić information content (AvgIpc) is 2.74. The van der Waals surface area contributed by atoms with Gasteiger partial charge in [0.1, 0.15) is 5.82 Å². The van der Waals surface area contributed by atoms with Crippen LogP contribution in [0, 0.1) is 5.82 Å². The van der Waals surface area contributed by atoms with Gasteiger partial charge in [0.25, 0.3) is 0 Å². The van der Waals surface area contributed by atoms with Gasteiger partial charge in [0.15, 0.2) is 0 Å². The number of aryl methyl sites for hydroxylation is 1. The van der Waals surface area contributed by atoms with Crippen molar-refractivity contribution in [1.82, 2.24) is 15.1 Å². The number of benzene rings is 2. The molecule has 1 N–H and O–H groups in total. The lowest BCUT2D eigenvalue weighted by Crippen LogP contribution is -2.48. The maximum Gasteiger partial charge on any atom is 0.224 e. The summed E-state index contributed by atoms with van der Waals surface area (Å²) in [7, 11) is 0. The van der Waals surface area contributed by atoms with E-state index in [0.717, 1.165) is 19.6 Å². The molecule has 1 saturated heterocycles. The Morgan fingerprint density at radius 2 is 1.59 bits per heavy atom. The van der Waals surface area contributed by atoms with Crippen LogP contribution in [-0.2, 0) is 22.6 Å². The van der Waals surface area contributed by atoms with E-state index in [-0.39, 0.29) is 24.1 Å². The Labute approximate surface area is 171 Å². The number of halogens is 1. The number of carbonyl (C=O) groups is 2. The van der Waals surface area contributed by atoms with Crippen molar-refractivity contribution in [2.24, 2.45) is 0 Å². The third-order valence-electron chi connectivity index (χ3n) is 5.21. The van der Waals surface area contributed by atoms with Gasteiger partial charge >= 0.3 is 0 Å². The molecule has 2 aromatic rings. The first-order valence-electron chi connectivity index (χ1n) is 10.2. The van der Waals surface area contributed by atoms with Crippen molar-refractivity contribution in [3.63, 3.8) is 0 Å². The van der Waals surface area contributed by atoms with Crippen molar-refractivity contribution in [2.45, 2.75) is 25.8 Å². The summed E-state index contributed by atoms with van der Waals surface area (Å²) in [6.07, 6.45) is 0.868. The van der Waals surface area contributed by atoms with Gasteiger partial charge in [-0.1, -0.05) is 48.5 Å². The molecule has 1 fully saturated rings. The second-order valence-corrected chi connectivity index (χ2v) is 7.33. The lowest BCUT2D eigenvalue weighted by atomic mass is 10.1. The zero-order valence-electron chi connectivity index (χ0n) is 16.6. The number of carbonyl (C=O) groups excluding carboxylic acids is 2. The highest BCUT2D eigenvalue weighted by Crippen LogP contribution is 2.10. The summed E-state index contributed by atoms with van der Waals surface area (Å²) >= 11 is 0. The highest BCUT2D eigenvalue weighted by Gasteiger charge is 2.20. The summed E-state index contributed by atoms with van der Waals surface area (Å²) in [6.45, 7) is 4.37. The van der Waals surface area contributed by atoms with Crippen LogP contribution in [0.5, 0.6) is 0 Å². The lowest BCUT2D eigenvalue weighted by molar-refractivity contribution is -0.133. The fraction of sp³-hybridized carbons (Fsp3) is 0.391. The molecular formula is C23H28FN3O2. The fourth-order valence-corrected chi connectivity index (χ4v) is 3.50. The third-order valence-corrected chi connectivity index (χ3v) is 5.21. The van der Waals surface area contributed by atoms with Crippen LogP contribution in [0.1, 0.15) is 24.0 Å². The summed E-state index contributed by atoms with van der Waals surface area (Å²) in [5.41, 5.74) is 1.82. The number of hydrogen-bond donors (Lipinski definition) is 1. The second-order valence-electron chi connectivity index (χ2n) is 7.33. The zero-order chi connectivity index (χ0) is 20.5. The van der Waals surface area contributed by atoms with Gasteiger partial charge in [-0.15, -0.1) is 0 Å². The molecule has 0 unspecified atom stereocenters. The molecule has 0 bridgehead atoms. The SMILES string of the molecule is O=C(CCc1ccccc1F)NCCC(=O)N1CCN(Cc2ccccc2)CC1. The van der Waals surface area contributed by atoms with E-state index < -0.39 is 0 Å². The van der Waals surface area contributed by atoms with Crippen LogP contribution in [0.15, 0.2) is 54.6 Å². The highest BCUT2D eigenvalue weighted by molar-refractivity contribution is 5.79. The number of amides is 2. The molecule has 6 heteroatoms. The second kappa shape index (κ2) is 10.7. The molecule has 1 aliphatic rings. The van der Waals surface area contributed by atoms with Crippen LogP contribution < -0.4 is 5.32 Å². The molecule has 2 aromatic carbocycles. The molecule has 0 aromatic heterocycles. The summed E-state index contributed by atoms with van der Waals surface area (Å²) in [5.74, 6) is -0.380. The largest absolute Gasteiger partial charge is 0.356 e. The Balaban J connectivity index is 1.31. The summed E-state index contributed by atoms with van der Waals surface area (Å²) in [6, 6.07) is 16.8. The normalized spacial score (nSPS) is 14.6. The molecule has 1 heterocycles. The lowest BCUT2D eigenvalue weighted by Gasteiger charge is -2.34. The molecule has 154 valence electrons. The van der Waals surface area contributed by atoms with Crippen LogP contribution >= 0.6 is 0 Å². The first-order valence-corrected chi connectivity index (χ1v) is 10.2. The first kappa shape index (κ1) is 21.0. The van der Waals surface area contributed by atoms with Crippen molar-refractivity contribution < 1.29 is 14.0 Å². The van der Waals surface area contributed by atoms with Crippen LogP contribution in [0.25, 0.3) is 0 Å². The monoisotopic (exact) mass is 397 g/mol. The van der Waals surface area contributed by atoms with Crippen molar-refractivity contribution >= 4 is 11.8 Å². The van der Waals surface area contributed by atoms with Crippen molar-refractivity contribution in [1.29, 1.82) is 0 Å². The van der Waals surface area contributed by atoms with Gasteiger partial charge < -0.3 is 10.2 Å². The summed E-state index contributed by atoms with van der Waals surface area (Å²) < 4.78 is 13.6. The molecule has 0 atom stereocenters. The highest BCUT2D eigenvalue weighted by atomic mass is 19.1. The van der Waals surface area contributed by atoms with Gasteiger partial charge in [-0.05, 0) is 23.6 Å². The van der Waals surface area contributed by atoms with E-state index >= 15 is 0 Å². The van der Waals surface area contributed by atoms with Gasteiger partial charge in [-0.25, -0.2) is 4.39 Å². The molecule has 2 amide bonds. The van der Waals surface area contributed by atoms with Gasteiger partial charge in [0.2, 0.25) is 11.8 Å². The van der Waals surface area contributed by atoms with Crippen LogP contribution in [0.2, 0.25) is 0 Å². The predicted octanol–water partition coefficient (Wildman–Crippen LogP) is 2.61. The Hall–Kier alpha value is -2.73. The minimum absolute atomic E-state index is 0.0683. The molecule has 3 rings (SSSR count). The Morgan fingerprint density at radius 1 is 0.897 bits per heavy atom. The van der Waals surface area contributed by atoms with Crippen molar-refractivity contribution in [2.75, 3.05) is 32.7 Å². The molecule has 5 nitrogen and oxygen atoms in total. The van der Waals surface area contributed by atoms with E-state index in [0.29, 0.717) is 38.0 Å². The van der Waals surface area contributed by atoms with E-state index in [1.807, 2.05) is 23.1 Å². The minimum Gasteiger partial charge on any atom is -0.356 e. The van der Waals surface area contributed by atoms with Gasteiger partial charge in [0.05, 0.1) is 0 Å². The van der Waals surface area contributed by atoms with Crippen molar-refractivity contribution in [3.8, 4) is 0 Å².